The van der Waals surface area contributed by atoms with E-state index >= 15 is 0 Å². The average molecular weight is 667 g/mol. The van der Waals surface area contributed by atoms with E-state index in [9.17, 15) is 71.5 Å². The molecule has 0 bridgehead atoms. The predicted molar refractivity (Wildman–Crippen MR) is 134 cm³/mol. The zero-order valence-electron chi connectivity index (χ0n) is 23.5. The van der Waals surface area contributed by atoms with Crippen molar-refractivity contribution in [2.75, 3.05) is 26.4 Å². The maximum absolute atomic E-state index is 11.2. The smallest absolute Gasteiger partial charge is 0.187 e. The molecule has 0 saturated carbocycles. The van der Waals surface area contributed by atoms with Crippen LogP contribution in [0.25, 0.3) is 0 Å². The first-order chi connectivity index (χ1) is 21.3. The molecule has 45 heavy (non-hydrogen) atoms. The molecule has 20 atom stereocenters. The quantitative estimate of drug-likeness (QED) is 0.103. The SMILES string of the molecule is OC[C@H]1O[C@@H](O[C@H]2[C@H](O)[C@H](O[C@H]3O[C@H](CO)[C@@H](O)[C@H](O)[C@@H]3O[C@H]3O[C@H](CO)[C@@H](O)[C@H](O)[C@@H]3O)C(O)O[C@@H]2CO)[C@H](O)[C@@H](O)[C@H]1O. The molecular weight excluding hydrogens is 624 g/mol. The van der Waals surface area contributed by atoms with Gasteiger partial charge >= 0.3 is 0 Å². The monoisotopic (exact) mass is 666 g/mol. The number of hydrogen-bond donors (Lipinski definition) is 14. The van der Waals surface area contributed by atoms with Crippen LogP contribution in [0.1, 0.15) is 0 Å². The second-order valence-electron chi connectivity index (χ2n) is 11.1. The summed E-state index contributed by atoms with van der Waals surface area (Å²) in [6.07, 6.45) is -36.2. The van der Waals surface area contributed by atoms with Gasteiger partial charge in [0.15, 0.2) is 25.2 Å². The number of aliphatic hydroxyl groups excluding tert-OH is 14. The van der Waals surface area contributed by atoms with Crippen molar-refractivity contribution in [2.45, 2.75) is 123 Å². The molecule has 4 saturated heterocycles. The lowest BCUT2D eigenvalue weighted by Crippen LogP contribution is -2.67. The van der Waals surface area contributed by atoms with Gasteiger partial charge in [-0.3, -0.25) is 0 Å². The number of aliphatic hydroxyl groups is 14. The minimum absolute atomic E-state index is 0.808. The Hall–Kier alpha value is -0.840. The van der Waals surface area contributed by atoms with Crippen molar-refractivity contribution in [3.05, 3.63) is 0 Å². The van der Waals surface area contributed by atoms with Gasteiger partial charge in [-0.15, -0.1) is 0 Å². The van der Waals surface area contributed by atoms with E-state index in [2.05, 4.69) is 0 Å². The van der Waals surface area contributed by atoms with Crippen molar-refractivity contribution >= 4 is 0 Å². The predicted octanol–water partition coefficient (Wildman–Crippen LogP) is -9.75. The summed E-state index contributed by atoms with van der Waals surface area (Å²) in [5.41, 5.74) is 0. The molecule has 4 rings (SSSR count). The first kappa shape index (κ1) is 37.0. The Labute approximate surface area is 254 Å². The Bertz CT molecular complexity index is 914. The molecular formula is C24H42O21. The minimum Gasteiger partial charge on any atom is -0.394 e. The van der Waals surface area contributed by atoms with E-state index in [1.165, 1.54) is 0 Å². The average Bonchev–Trinajstić information content (AvgIpc) is 3.03. The van der Waals surface area contributed by atoms with Crippen molar-refractivity contribution in [3.63, 3.8) is 0 Å². The van der Waals surface area contributed by atoms with E-state index in [0.29, 0.717) is 0 Å². The highest BCUT2D eigenvalue weighted by Crippen LogP contribution is 2.34. The van der Waals surface area contributed by atoms with Crippen LogP contribution in [0.3, 0.4) is 0 Å². The molecule has 0 aromatic carbocycles. The molecule has 0 aliphatic carbocycles. The van der Waals surface area contributed by atoms with E-state index in [-0.39, 0.29) is 0 Å². The molecule has 4 heterocycles. The molecule has 4 fully saturated rings. The highest BCUT2D eigenvalue weighted by molar-refractivity contribution is 4.97. The van der Waals surface area contributed by atoms with Gasteiger partial charge in [0.1, 0.15) is 97.7 Å². The van der Waals surface area contributed by atoms with Gasteiger partial charge in [0.2, 0.25) is 0 Å². The fraction of sp³-hybridized carbons (Fsp3) is 1.00. The van der Waals surface area contributed by atoms with Crippen LogP contribution in [0, 0.1) is 0 Å². The van der Waals surface area contributed by atoms with Crippen LogP contribution < -0.4 is 0 Å². The van der Waals surface area contributed by atoms with Crippen molar-refractivity contribution in [2.24, 2.45) is 0 Å². The number of rotatable bonds is 10. The van der Waals surface area contributed by atoms with Gasteiger partial charge in [-0.05, 0) is 0 Å². The van der Waals surface area contributed by atoms with Crippen LogP contribution >= 0.6 is 0 Å². The van der Waals surface area contributed by atoms with E-state index in [1.807, 2.05) is 0 Å². The summed E-state index contributed by atoms with van der Waals surface area (Å²) in [6.45, 7) is -3.41. The molecule has 4 aliphatic heterocycles. The van der Waals surface area contributed by atoms with E-state index in [1.54, 1.807) is 0 Å². The van der Waals surface area contributed by atoms with Crippen LogP contribution in [-0.4, -0.2) is 221 Å². The molecule has 0 amide bonds. The largest absolute Gasteiger partial charge is 0.394 e. The van der Waals surface area contributed by atoms with Crippen LogP contribution in [0.2, 0.25) is 0 Å². The lowest BCUT2D eigenvalue weighted by molar-refractivity contribution is -0.399. The Balaban J connectivity index is 1.56. The minimum atomic E-state index is -2.07. The third-order valence-corrected chi connectivity index (χ3v) is 8.21. The summed E-state index contributed by atoms with van der Waals surface area (Å²) in [7, 11) is 0. The standard InChI is InChI=1S/C24H42O21/c25-1-5-9(29)12(32)15(35)22(40-5)43-18-8(4-28)39-21(38)19(17(18)37)44-24-20(14(34)11(31)7(3-27)42-24)45-23-16(36)13(33)10(30)6(2-26)41-23/h5-38H,1-4H2/t5-,6-,7-,8-,9+,10-,11-,12+,13+,14+,15-,16+,17+,18-,19+,20+,21?,22+,23-,24-/m1/s1. The molecule has 0 aromatic rings. The first-order valence-electron chi connectivity index (χ1n) is 14.1. The zero-order valence-corrected chi connectivity index (χ0v) is 23.5. The maximum Gasteiger partial charge on any atom is 0.187 e. The third-order valence-electron chi connectivity index (χ3n) is 8.21. The number of hydrogen-bond acceptors (Lipinski definition) is 21. The van der Waals surface area contributed by atoms with Crippen molar-refractivity contribution in [3.8, 4) is 0 Å². The molecule has 1 unspecified atom stereocenters. The zero-order chi connectivity index (χ0) is 33.3. The highest BCUT2D eigenvalue weighted by atomic mass is 16.8. The van der Waals surface area contributed by atoms with Gasteiger partial charge in [0, 0.05) is 0 Å². The summed E-state index contributed by atoms with van der Waals surface area (Å²) in [5, 5.41) is 143. The normalized spacial score (nSPS) is 52.9. The molecule has 264 valence electrons. The summed E-state index contributed by atoms with van der Waals surface area (Å²) in [4.78, 5) is 0. The van der Waals surface area contributed by atoms with E-state index < -0.39 is 149 Å². The fourth-order valence-corrected chi connectivity index (χ4v) is 5.51. The van der Waals surface area contributed by atoms with Crippen molar-refractivity contribution < 1.29 is 105 Å². The van der Waals surface area contributed by atoms with E-state index in [0.717, 1.165) is 0 Å². The Morgan fingerprint density at radius 2 is 0.711 bits per heavy atom. The van der Waals surface area contributed by atoms with Crippen LogP contribution in [0.15, 0.2) is 0 Å². The fourth-order valence-electron chi connectivity index (χ4n) is 5.51. The molecule has 0 aromatic heterocycles. The second kappa shape index (κ2) is 15.6. The van der Waals surface area contributed by atoms with Crippen LogP contribution in [0.5, 0.6) is 0 Å². The Morgan fingerprint density at radius 1 is 0.333 bits per heavy atom. The first-order valence-corrected chi connectivity index (χ1v) is 14.1. The number of ether oxygens (including phenoxy) is 7. The van der Waals surface area contributed by atoms with Gasteiger partial charge < -0.3 is 105 Å². The van der Waals surface area contributed by atoms with E-state index in [4.69, 9.17) is 33.2 Å². The van der Waals surface area contributed by atoms with Gasteiger partial charge in [-0.2, -0.15) is 0 Å². The summed E-state index contributed by atoms with van der Waals surface area (Å²) >= 11 is 0. The molecule has 0 spiro atoms. The molecule has 21 nitrogen and oxygen atoms in total. The summed E-state index contributed by atoms with van der Waals surface area (Å²) in [5.74, 6) is 0. The highest BCUT2D eigenvalue weighted by Gasteiger charge is 2.55. The van der Waals surface area contributed by atoms with Gasteiger partial charge in [0.25, 0.3) is 0 Å². The Kier molecular flexibility index (Phi) is 12.8. The van der Waals surface area contributed by atoms with Gasteiger partial charge in [-0.25, -0.2) is 0 Å². The van der Waals surface area contributed by atoms with Gasteiger partial charge in [-0.1, -0.05) is 0 Å². The molecule has 4 aliphatic rings. The Morgan fingerprint density at radius 3 is 1.16 bits per heavy atom. The summed E-state index contributed by atoms with van der Waals surface area (Å²) in [6, 6.07) is 0. The third kappa shape index (κ3) is 7.44. The molecule has 0 radical (unpaired) electrons. The second-order valence-corrected chi connectivity index (χ2v) is 11.1. The van der Waals surface area contributed by atoms with Crippen molar-refractivity contribution in [1.82, 2.24) is 0 Å². The van der Waals surface area contributed by atoms with Crippen LogP contribution in [0.4, 0.5) is 0 Å². The topological polar surface area (TPSA) is 348 Å². The molecule has 21 heteroatoms. The summed E-state index contributed by atoms with van der Waals surface area (Å²) < 4.78 is 38.1. The van der Waals surface area contributed by atoms with Crippen molar-refractivity contribution in [1.29, 1.82) is 0 Å². The maximum atomic E-state index is 11.2. The molecule has 14 N–H and O–H groups in total. The lowest BCUT2D eigenvalue weighted by Gasteiger charge is -2.49. The van der Waals surface area contributed by atoms with Crippen LogP contribution in [-0.2, 0) is 33.2 Å². The lowest BCUT2D eigenvalue weighted by atomic mass is 9.96. The van der Waals surface area contributed by atoms with Gasteiger partial charge in [0.05, 0.1) is 26.4 Å².